The third kappa shape index (κ3) is 3.91. The van der Waals surface area contributed by atoms with Crippen LogP contribution in [0.3, 0.4) is 0 Å². The maximum Gasteiger partial charge on any atom is 0.337 e. The fourth-order valence-corrected chi connectivity index (χ4v) is 1.40. The van der Waals surface area contributed by atoms with Crippen LogP contribution in [0.1, 0.15) is 24.2 Å². The fraction of sp³-hybridized carbons (Fsp3) is 0.417. The van der Waals surface area contributed by atoms with E-state index in [2.05, 4.69) is 5.32 Å². The van der Waals surface area contributed by atoms with Gasteiger partial charge in [0.1, 0.15) is 0 Å². The molecule has 0 radical (unpaired) electrons. The average Bonchev–Trinajstić information content (AvgIpc) is 2.27. The molecule has 4 nitrogen and oxygen atoms in total. The second-order valence-corrected chi connectivity index (χ2v) is 4.75. The van der Waals surface area contributed by atoms with Gasteiger partial charge in [-0.05, 0) is 32.0 Å². The standard InChI is InChI=1S/C12H16ClNO3/c1-12(2,17-3)7-14-10-5-4-8(13)6-9(10)11(15)16/h4-6,14H,7H2,1-3H3,(H,15,16). The molecule has 0 unspecified atom stereocenters. The second kappa shape index (κ2) is 5.38. The number of halogens is 1. The minimum absolute atomic E-state index is 0.157. The van der Waals surface area contributed by atoms with Crippen LogP contribution in [0.4, 0.5) is 5.69 Å². The van der Waals surface area contributed by atoms with E-state index < -0.39 is 5.97 Å². The third-order valence-corrected chi connectivity index (χ3v) is 2.70. The zero-order chi connectivity index (χ0) is 13.1. The average molecular weight is 258 g/mol. The molecule has 1 aromatic rings. The number of carbonyl (C=O) groups is 1. The zero-order valence-electron chi connectivity index (χ0n) is 10.1. The number of hydrogen-bond donors (Lipinski definition) is 2. The van der Waals surface area contributed by atoms with Gasteiger partial charge >= 0.3 is 5.97 Å². The molecule has 94 valence electrons. The van der Waals surface area contributed by atoms with E-state index in [1.807, 2.05) is 13.8 Å². The quantitative estimate of drug-likeness (QED) is 0.852. The molecule has 0 bridgehead atoms. The third-order valence-electron chi connectivity index (χ3n) is 2.47. The highest BCUT2D eigenvalue weighted by atomic mass is 35.5. The number of rotatable bonds is 5. The van der Waals surface area contributed by atoms with Gasteiger partial charge in [-0.15, -0.1) is 0 Å². The second-order valence-electron chi connectivity index (χ2n) is 4.31. The molecule has 2 N–H and O–H groups in total. The summed E-state index contributed by atoms with van der Waals surface area (Å²) < 4.78 is 5.25. The molecule has 0 fully saturated rings. The molecule has 0 aliphatic rings. The van der Waals surface area contributed by atoms with E-state index in [1.165, 1.54) is 6.07 Å². The molecule has 0 aliphatic carbocycles. The Labute approximate surface area is 106 Å². The highest BCUT2D eigenvalue weighted by Crippen LogP contribution is 2.21. The summed E-state index contributed by atoms with van der Waals surface area (Å²) in [5.74, 6) is -1.01. The highest BCUT2D eigenvalue weighted by Gasteiger charge is 2.18. The Hall–Kier alpha value is -1.26. The van der Waals surface area contributed by atoms with Gasteiger partial charge in [-0.2, -0.15) is 0 Å². The minimum Gasteiger partial charge on any atom is -0.478 e. The summed E-state index contributed by atoms with van der Waals surface area (Å²) in [6, 6.07) is 4.72. The smallest absolute Gasteiger partial charge is 0.337 e. The Bertz CT molecular complexity index is 418. The maximum absolute atomic E-state index is 11.0. The van der Waals surface area contributed by atoms with Crippen LogP contribution in [0.2, 0.25) is 5.02 Å². The van der Waals surface area contributed by atoms with Crippen LogP contribution in [0.15, 0.2) is 18.2 Å². The molecule has 0 saturated heterocycles. The van der Waals surface area contributed by atoms with Crippen molar-refractivity contribution < 1.29 is 14.6 Å². The van der Waals surface area contributed by atoms with E-state index in [4.69, 9.17) is 21.4 Å². The number of anilines is 1. The van der Waals surface area contributed by atoms with Gasteiger partial charge in [0, 0.05) is 24.4 Å². The van der Waals surface area contributed by atoms with Gasteiger partial charge in [0.15, 0.2) is 0 Å². The Kier molecular flexibility index (Phi) is 4.37. The summed E-state index contributed by atoms with van der Waals surface area (Å²) in [7, 11) is 1.61. The molecule has 17 heavy (non-hydrogen) atoms. The van der Waals surface area contributed by atoms with E-state index >= 15 is 0 Å². The van der Waals surface area contributed by atoms with Crippen LogP contribution in [0.25, 0.3) is 0 Å². The monoisotopic (exact) mass is 257 g/mol. The summed E-state index contributed by atoms with van der Waals surface area (Å²) in [5.41, 5.74) is 0.325. The summed E-state index contributed by atoms with van der Waals surface area (Å²) >= 11 is 5.76. The van der Waals surface area contributed by atoms with Crippen molar-refractivity contribution >= 4 is 23.3 Å². The van der Waals surface area contributed by atoms with Gasteiger partial charge in [0.2, 0.25) is 0 Å². The number of carboxylic acid groups (broad SMARTS) is 1. The van der Waals surface area contributed by atoms with Gasteiger partial charge in [0.25, 0.3) is 0 Å². The van der Waals surface area contributed by atoms with Crippen molar-refractivity contribution in [3.05, 3.63) is 28.8 Å². The predicted molar refractivity (Wildman–Crippen MR) is 68.0 cm³/mol. The van der Waals surface area contributed by atoms with E-state index in [0.717, 1.165) is 0 Å². The van der Waals surface area contributed by atoms with Crippen LogP contribution in [-0.4, -0.2) is 30.3 Å². The lowest BCUT2D eigenvalue weighted by Gasteiger charge is -2.24. The van der Waals surface area contributed by atoms with Crippen LogP contribution < -0.4 is 5.32 Å². The number of methoxy groups -OCH3 is 1. The van der Waals surface area contributed by atoms with Crippen molar-refractivity contribution in [2.24, 2.45) is 0 Å². The van der Waals surface area contributed by atoms with Gasteiger partial charge < -0.3 is 15.2 Å². The van der Waals surface area contributed by atoms with Gasteiger partial charge in [-0.25, -0.2) is 4.79 Å². The molecule has 1 rings (SSSR count). The molecule has 0 amide bonds. The lowest BCUT2D eigenvalue weighted by atomic mass is 10.1. The molecule has 0 spiro atoms. The van der Waals surface area contributed by atoms with Crippen molar-refractivity contribution in [3.8, 4) is 0 Å². The largest absolute Gasteiger partial charge is 0.478 e. The summed E-state index contributed by atoms with van der Waals surface area (Å²) in [4.78, 5) is 11.0. The van der Waals surface area contributed by atoms with Gasteiger partial charge in [0.05, 0.1) is 11.2 Å². The maximum atomic E-state index is 11.0. The molecule has 1 aromatic carbocycles. The van der Waals surface area contributed by atoms with E-state index in [-0.39, 0.29) is 11.2 Å². The molecule has 0 aliphatic heterocycles. The highest BCUT2D eigenvalue weighted by molar-refractivity contribution is 6.31. The normalized spacial score (nSPS) is 11.3. The topological polar surface area (TPSA) is 58.6 Å². The van der Waals surface area contributed by atoms with E-state index in [0.29, 0.717) is 17.3 Å². The first-order valence-corrected chi connectivity index (χ1v) is 5.55. The summed E-state index contributed by atoms with van der Waals surface area (Å²) in [6.07, 6.45) is 0. The van der Waals surface area contributed by atoms with Crippen molar-refractivity contribution in [2.75, 3.05) is 19.0 Å². The van der Waals surface area contributed by atoms with E-state index in [9.17, 15) is 4.79 Å². The first-order chi connectivity index (χ1) is 7.85. The SMILES string of the molecule is COC(C)(C)CNc1ccc(Cl)cc1C(=O)O. The molecule has 5 heteroatoms. The van der Waals surface area contributed by atoms with E-state index in [1.54, 1.807) is 19.2 Å². The van der Waals surface area contributed by atoms with Gasteiger partial charge in [-0.1, -0.05) is 11.6 Å². The number of carboxylic acids is 1. The number of nitrogens with one attached hydrogen (secondary N) is 1. The lowest BCUT2D eigenvalue weighted by Crippen LogP contribution is -2.32. The van der Waals surface area contributed by atoms with Crippen LogP contribution in [0.5, 0.6) is 0 Å². The Morgan fingerprint density at radius 2 is 2.18 bits per heavy atom. The Morgan fingerprint density at radius 1 is 1.53 bits per heavy atom. The number of aromatic carboxylic acids is 1. The van der Waals surface area contributed by atoms with Crippen molar-refractivity contribution in [1.29, 1.82) is 0 Å². The van der Waals surface area contributed by atoms with Crippen LogP contribution >= 0.6 is 11.6 Å². The van der Waals surface area contributed by atoms with Gasteiger partial charge in [-0.3, -0.25) is 0 Å². The van der Waals surface area contributed by atoms with Crippen molar-refractivity contribution in [1.82, 2.24) is 0 Å². The predicted octanol–water partition coefficient (Wildman–Crippen LogP) is 2.88. The van der Waals surface area contributed by atoms with Crippen LogP contribution in [0, 0.1) is 0 Å². The van der Waals surface area contributed by atoms with Crippen LogP contribution in [-0.2, 0) is 4.74 Å². The zero-order valence-corrected chi connectivity index (χ0v) is 10.8. The molecule has 0 heterocycles. The van der Waals surface area contributed by atoms with Crippen molar-refractivity contribution in [2.45, 2.75) is 19.4 Å². The number of ether oxygens (including phenoxy) is 1. The summed E-state index contributed by atoms with van der Waals surface area (Å²) in [6.45, 7) is 4.33. The fourth-order valence-electron chi connectivity index (χ4n) is 1.23. The molecular formula is C12H16ClNO3. The lowest BCUT2D eigenvalue weighted by molar-refractivity contribution is 0.0343. The Morgan fingerprint density at radius 3 is 2.71 bits per heavy atom. The number of benzene rings is 1. The molecule has 0 saturated carbocycles. The molecule has 0 atom stereocenters. The summed E-state index contributed by atoms with van der Waals surface area (Å²) in [5, 5.41) is 12.5. The first kappa shape index (κ1) is 13.8. The minimum atomic E-state index is -1.01. The molecule has 0 aromatic heterocycles. The molecular weight excluding hydrogens is 242 g/mol. The number of hydrogen-bond acceptors (Lipinski definition) is 3. The van der Waals surface area contributed by atoms with Crippen molar-refractivity contribution in [3.63, 3.8) is 0 Å². The Balaban J connectivity index is 2.88. The first-order valence-electron chi connectivity index (χ1n) is 5.17.